The molecule has 18 heavy (non-hydrogen) atoms. The molecule has 0 saturated carbocycles. The number of benzene rings is 1. The van der Waals surface area contributed by atoms with Crippen molar-refractivity contribution in [1.29, 1.82) is 0 Å². The fourth-order valence-corrected chi connectivity index (χ4v) is 1.98. The maximum Gasteiger partial charge on any atom is 0.495 e. The number of rotatable bonds is 2. The number of nitrogens with zero attached hydrogens (tertiary/aromatic N) is 1. The van der Waals surface area contributed by atoms with E-state index in [2.05, 4.69) is 0 Å². The fourth-order valence-electron chi connectivity index (χ4n) is 1.98. The number of hydrogen-bond donors (Lipinski definition) is 0. The van der Waals surface area contributed by atoms with Gasteiger partial charge in [-0.1, -0.05) is 12.1 Å². The summed E-state index contributed by atoms with van der Waals surface area (Å²) in [7, 11) is -0.533. The van der Waals surface area contributed by atoms with Crippen LogP contribution in [0.5, 0.6) is 0 Å². The molecule has 6 heteroatoms. The Labute approximate surface area is 106 Å². The normalized spacial score (nSPS) is 22.2. The summed E-state index contributed by atoms with van der Waals surface area (Å²) in [5.74, 6) is 0. The smallest absolute Gasteiger partial charge is 0.402 e. The highest BCUT2D eigenvalue weighted by Crippen LogP contribution is 2.28. The van der Waals surface area contributed by atoms with E-state index in [1.807, 2.05) is 20.8 Å². The van der Waals surface area contributed by atoms with Gasteiger partial charge in [-0.05, 0) is 33.2 Å². The predicted octanol–water partition coefficient (Wildman–Crippen LogP) is 1.81. The summed E-state index contributed by atoms with van der Waals surface area (Å²) in [4.78, 5) is 10.5. The molecule has 0 amide bonds. The first-order chi connectivity index (χ1) is 8.33. The highest BCUT2D eigenvalue weighted by Gasteiger charge is 2.44. The first-order valence-electron chi connectivity index (χ1n) is 5.90. The Kier molecular flexibility index (Phi) is 3.17. The third kappa shape index (κ3) is 2.13. The minimum Gasteiger partial charge on any atom is -0.402 e. The van der Waals surface area contributed by atoms with Crippen molar-refractivity contribution in [2.75, 3.05) is 0 Å². The summed E-state index contributed by atoms with van der Waals surface area (Å²) < 4.78 is 11.6. The van der Waals surface area contributed by atoms with Gasteiger partial charge in [0.15, 0.2) is 0 Å². The molecule has 5 nitrogen and oxygen atoms in total. The van der Waals surface area contributed by atoms with Crippen molar-refractivity contribution in [3.63, 3.8) is 0 Å². The van der Waals surface area contributed by atoms with Gasteiger partial charge in [-0.25, -0.2) is 0 Å². The molecular formula is C12H16BNO4. The Morgan fingerprint density at radius 2 is 2.11 bits per heavy atom. The molecule has 1 aliphatic heterocycles. The molecule has 0 aliphatic carbocycles. The summed E-state index contributed by atoms with van der Waals surface area (Å²) in [6.45, 7) is 7.55. The largest absolute Gasteiger partial charge is 0.495 e. The van der Waals surface area contributed by atoms with Gasteiger partial charge in [-0.3, -0.25) is 10.1 Å². The maximum atomic E-state index is 10.9. The molecule has 96 valence electrons. The molecular weight excluding hydrogens is 233 g/mol. The first kappa shape index (κ1) is 13.0. The Bertz CT molecular complexity index is 489. The number of hydrogen-bond acceptors (Lipinski definition) is 4. The van der Waals surface area contributed by atoms with E-state index in [1.54, 1.807) is 19.1 Å². The molecule has 0 spiro atoms. The van der Waals surface area contributed by atoms with E-state index in [0.717, 1.165) is 5.46 Å². The van der Waals surface area contributed by atoms with Crippen molar-refractivity contribution in [1.82, 2.24) is 0 Å². The van der Waals surface area contributed by atoms with Crippen molar-refractivity contribution in [2.24, 2.45) is 0 Å². The van der Waals surface area contributed by atoms with Gasteiger partial charge < -0.3 is 9.31 Å². The topological polar surface area (TPSA) is 61.6 Å². The van der Waals surface area contributed by atoms with Crippen LogP contribution in [0.4, 0.5) is 5.69 Å². The molecule has 0 N–H and O–H groups in total. The van der Waals surface area contributed by atoms with E-state index in [0.29, 0.717) is 5.56 Å². The van der Waals surface area contributed by atoms with Crippen molar-refractivity contribution in [3.05, 3.63) is 33.9 Å². The molecule has 1 saturated heterocycles. The Morgan fingerprint density at radius 3 is 2.61 bits per heavy atom. The summed E-state index contributed by atoms with van der Waals surface area (Å²) in [6.07, 6.45) is -0.0545. The molecule has 0 radical (unpaired) electrons. The lowest BCUT2D eigenvalue weighted by Crippen LogP contribution is -2.36. The molecule has 1 aliphatic rings. The average molecular weight is 249 g/mol. The number of nitro groups is 1. The van der Waals surface area contributed by atoms with E-state index in [-0.39, 0.29) is 22.3 Å². The van der Waals surface area contributed by atoms with Crippen LogP contribution in [-0.2, 0) is 9.31 Å². The second-order valence-corrected chi connectivity index (χ2v) is 5.08. The molecule has 1 aromatic rings. The summed E-state index contributed by atoms with van der Waals surface area (Å²) in [6, 6.07) is 4.95. The van der Waals surface area contributed by atoms with Crippen LogP contribution in [-0.4, -0.2) is 23.7 Å². The minimum atomic E-state index is -0.533. The second kappa shape index (κ2) is 4.37. The van der Waals surface area contributed by atoms with E-state index in [1.165, 1.54) is 6.07 Å². The Morgan fingerprint density at radius 1 is 1.44 bits per heavy atom. The van der Waals surface area contributed by atoms with Crippen molar-refractivity contribution in [3.8, 4) is 0 Å². The lowest BCUT2D eigenvalue weighted by atomic mass is 9.76. The quantitative estimate of drug-likeness (QED) is 0.455. The third-order valence-electron chi connectivity index (χ3n) is 3.52. The zero-order chi connectivity index (χ0) is 13.5. The van der Waals surface area contributed by atoms with Gasteiger partial charge in [-0.2, -0.15) is 0 Å². The summed E-state index contributed by atoms with van der Waals surface area (Å²) in [5.41, 5.74) is 1.03. The van der Waals surface area contributed by atoms with Gasteiger partial charge in [0, 0.05) is 11.6 Å². The lowest BCUT2D eigenvalue weighted by molar-refractivity contribution is -0.385. The zero-order valence-corrected chi connectivity index (χ0v) is 11.0. The van der Waals surface area contributed by atoms with Crippen LogP contribution in [0.15, 0.2) is 18.2 Å². The van der Waals surface area contributed by atoms with Crippen LogP contribution in [0, 0.1) is 17.0 Å². The van der Waals surface area contributed by atoms with Gasteiger partial charge >= 0.3 is 7.12 Å². The monoisotopic (exact) mass is 249 g/mol. The standard InChI is InChI=1S/C12H16BNO4/c1-8-10(6-5-7-11(8)14(15)16)13-17-9(2)12(3,4)18-13/h5-7,9H,1-4H3. The number of nitro benzene ring substituents is 1. The lowest BCUT2D eigenvalue weighted by Gasteiger charge is -2.21. The average Bonchev–Trinajstić information content (AvgIpc) is 2.53. The van der Waals surface area contributed by atoms with E-state index in [4.69, 9.17) is 9.31 Å². The molecule has 1 aromatic carbocycles. The predicted molar refractivity (Wildman–Crippen MR) is 68.9 cm³/mol. The van der Waals surface area contributed by atoms with Crippen LogP contribution in [0.3, 0.4) is 0 Å². The van der Waals surface area contributed by atoms with Crippen LogP contribution >= 0.6 is 0 Å². The molecule has 1 fully saturated rings. The van der Waals surface area contributed by atoms with Crippen LogP contribution in [0.25, 0.3) is 0 Å². The van der Waals surface area contributed by atoms with Crippen molar-refractivity contribution < 1.29 is 14.2 Å². The molecule has 0 bridgehead atoms. The molecule has 1 unspecified atom stereocenters. The molecule has 1 heterocycles. The van der Waals surface area contributed by atoms with Gasteiger partial charge in [-0.15, -0.1) is 0 Å². The van der Waals surface area contributed by atoms with Crippen molar-refractivity contribution >= 4 is 18.3 Å². The minimum absolute atomic E-state index is 0.0545. The first-order valence-corrected chi connectivity index (χ1v) is 5.90. The van der Waals surface area contributed by atoms with Gasteiger partial charge in [0.25, 0.3) is 5.69 Å². The molecule has 1 atom stereocenters. The van der Waals surface area contributed by atoms with Crippen LogP contribution in [0.1, 0.15) is 26.3 Å². The van der Waals surface area contributed by atoms with Crippen LogP contribution < -0.4 is 5.46 Å². The van der Waals surface area contributed by atoms with Gasteiger partial charge in [0.2, 0.25) is 0 Å². The van der Waals surface area contributed by atoms with Crippen LogP contribution in [0.2, 0.25) is 0 Å². The summed E-state index contributed by atoms with van der Waals surface area (Å²) >= 11 is 0. The maximum absolute atomic E-state index is 10.9. The van der Waals surface area contributed by atoms with E-state index >= 15 is 0 Å². The van der Waals surface area contributed by atoms with E-state index < -0.39 is 7.12 Å². The highest BCUT2D eigenvalue weighted by molar-refractivity contribution is 6.62. The molecule has 0 aromatic heterocycles. The SMILES string of the molecule is Cc1c(B2OC(C)C(C)(C)O2)cccc1[N+](=O)[O-]. The highest BCUT2D eigenvalue weighted by atomic mass is 16.7. The third-order valence-corrected chi connectivity index (χ3v) is 3.52. The van der Waals surface area contributed by atoms with Gasteiger partial charge in [0.1, 0.15) is 0 Å². The second-order valence-electron chi connectivity index (χ2n) is 5.08. The van der Waals surface area contributed by atoms with E-state index in [9.17, 15) is 10.1 Å². The Hall–Kier alpha value is -1.40. The summed E-state index contributed by atoms with van der Waals surface area (Å²) in [5, 5.41) is 10.9. The zero-order valence-electron chi connectivity index (χ0n) is 11.0. The Balaban J connectivity index is 2.36. The van der Waals surface area contributed by atoms with Gasteiger partial charge in [0.05, 0.1) is 16.6 Å². The van der Waals surface area contributed by atoms with Crippen molar-refractivity contribution in [2.45, 2.75) is 39.4 Å². The molecule has 2 rings (SSSR count). The fraction of sp³-hybridized carbons (Fsp3) is 0.500.